The van der Waals surface area contributed by atoms with Crippen molar-refractivity contribution in [3.8, 4) is 5.75 Å². The lowest BCUT2D eigenvalue weighted by atomic mass is 10.3. The summed E-state index contributed by atoms with van der Waals surface area (Å²) in [4.78, 5) is 39.0. The van der Waals surface area contributed by atoms with Crippen molar-refractivity contribution >= 4 is 23.2 Å². The van der Waals surface area contributed by atoms with E-state index in [0.29, 0.717) is 18.8 Å². The van der Waals surface area contributed by atoms with Crippen LogP contribution in [0.4, 0.5) is 21.7 Å². The van der Waals surface area contributed by atoms with E-state index in [1.807, 2.05) is 12.1 Å². The summed E-state index contributed by atoms with van der Waals surface area (Å²) in [7, 11) is 1.56. The van der Waals surface area contributed by atoms with Gasteiger partial charge >= 0.3 is 11.1 Å². The van der Waals surface area contributed by atoms with Crippen molar-refractivity contribution in [3.05, 3.63) is 75.1 Å². The Morgan fingerprint density at radius 3 is 2.60 bits per heavy atom. The number of nitrogens with zero attached hydrogens (tertiary/aromatic N) is 4. The molecule has 1 aliphatic rings. The van der Waals surface area contributed by atoms with Crippen LogP contribution in [0.25, 0.3) is 0 Å². The van der Waals surface area contributed by atoms with Crippen molar-refractivity contribution in [1.29, 1.82) is 0 Å². The minimum absolute atomic E-state index is 0.241. The second-order valence-electron chi connectivity index (χ2n) is 6.63. The van der Waals surface area contributed by atoms with Crippen molar-refractivity contribution in [2.75, 3.05) is 23.9 Å². The fraction of sp³-hybridized carbons (Fsp3) is 0.200. The summed E-state index contributed by atoms with van der Waals surface area (Å²) in [6.45, 7) is 0.279. The molecular weight excluding hydrogens is 393 g/mol. The van der Waals surface area contributed by atoms with Crippen molar-refractivity contribution in [2.24, 2.45) is 0 Å². The molecule has 1 aromatic heterocycles. The molecule has 30 heavy (non-hydrogen) atoms. The van der Waals surface area contributed by atoms with Crippen LogP contribution < -0.4 is 26.1 Å². The Kier molecular flexibility index (Phi) is 5.05. The summed E-state index contributed by atoms with van der Waals surface area (Å²) >= 11 is 0. The summed E-state index contributed by atoms with van der Waals surface area (Å²) < 4.78 is 20.5. The normalized spacial score (nSPS) is 12.5. The molecule has 0 saturated heterocycles. The molecular formula is C20H18FN5O4. The first-order valence-electron chi connectivity index (χ1n) is 9.15. The van der Waals surface area contributed by atoms with E-state index in [1.54, 1.807) is 24.1 Å². The van der Waals surface area contributed by atoms with Gasteiger partial charge in [0.2, 0.25) is 11.9 Å². The average Bonchev–Trinajstić information content (AvgIpc) is 3.15. The van der Waals surface area contributed by atoms with Gasteiger partial charge in [0.05, 0.1) is 7.11 Å². The van der Waals surface area contributed by atoms with Gasteiger partial charge in [-0.15, -0.1) is 5.10 Å². The van der Waals surface area contributed by atoms with Gasteiger partial charge < -0.3 is 15.0 Å². The molecule has 10 heteroatoms. The van der Waals surface area contributed by atoms with E-state index in [4.69, 9.17) is 4.74 Å². The highest BCUT2D eigenvalue weighted by molar-refractivity contribution is 5.90. The molecule has 1 amide bonds. The zero-order valence-corrected chi connectivity index (χ0v) is 16.0. The van der Waals surface area contributed by atoms with Crippen LogP contribution in [0.15, 0.2) is 58.1 Å². The third kappa shape index (κ3) is 3.66. The second-order valence-corrected chi connectivity index (χ2v) is 6.63. The van der Waals surface area contributed by atoms with Gasteiger partial charge in [-0.3, -0.25) is 19.0 Å². The molecule has 0 unspecified atom stereocenters. The predicted molar refractivity (Wildman–Crippen MR) is 108 cm³/mol. The van der Waals surface area contributed by atoms with E-state index in [9.17, 15) is 18.8 Å². The van der Waals surface area contributed by atoms with Crippen molar-refractivity contribution in [1.82, 2.24) is 14.3 Å². The molecule has 3 aromatic rings. The maximum Gasteiger partial charge on any atom is 0.333 e. The van der Waals surface area contributed by atoms with Gasteiger partial charge in [0.15, 0.2) is 0 Å². The summed E-state index contributed by atoms with van der Waals surface area (Å²) in [5, 5.41) is 6.73. The number of benzene rings is 2. The zero-order valence-electron chi connectivity index (χ0n) is 16.0. The summed E-state index contributed by atoms with van der Waals surface area (Å²) in [5.74, 6) is -0.159. The third-order valence-corrected chi connectivity index (χ3v) is 4.69. The van der Waals surface area contributed by atoms with Crippen LogP contribution in [-0.2, 0) is 17.9 Å². The summed E-state index contributed by atoms with van der Waals surface area (Å²) in [6, 6.07) is 12.5. The van der Waals surface area contributed by atoms with Crippen LogP contribution in [0.3, 0.4) is 0 Å². The van der Waals surface area contributed by atoms with Gasteiger partial charge in [-0.05, 0) is 42.5 Å². The molecule has 0 atom stereocenters. The van der Waals surface area contributed by atoms with Gasteiger partial charge in [-0.1, -0.05) is 6.07 Å². The van der Waals surface area contributed by atoms with Crippen LogP contribution in [0.2, 0.25) is 0 Å². The van der Waals surface area contributed by atoms with Crippen LogP contribution >= 0.6 is 0 Å². The monoisotopic (exact) mass is 411 g/mol. The Morgan fingerprint density at radius 1 is 1.13 bits per heavy atom. The second kappa shape index (κ2) is 7.82. The topological polar surface area (TPSA) is 98.5 Å². The first kappa shape index (κ1) is 19.4. The van der Waals surface area contributed by atoms with Gasteiger partial charge in [-0.25, -0.2) is 9.07 Å². The number of carbonyl (C=O) groups is 1. The molecule has 0 fully saturated rings. The number of carbonyl (C=O) groups excluding carboxylic acids is 1. The maximum absolute atomic E-state index is 13.3. The smallest absolute Gasteiger partial charge is 0.333 e. The number of hydrogen-bond acceptors (Lipinski definition) is 6. The highest BCUT2D eigenvalue weighted by atomic mass is 19.1. The maximum atomic E-state index is 13.3. The first-order valence-corrected chi connectivity index (χ1v) is 9.15. The van der Waals surface area contributed by atoms with E-state index in [2.05, 4.69) is 10.4 Å². The predicted octanol–water partition coefficient (Wildman–Crippen LogP) is 1.34. The number of aromatic nitrogens is 3. The van der Waals surface area contributed by atoms with Crippen LogP contribution in [0.1, 0.15) is 0 Å². The van der Waals surface area contributed by atoms with E-state index in [0.717, 1.165) is 16.4 Å². The Bertz CT molecular complexity index is 1220. The Morgan fingerprint density at radius 2 is 1.90 bits per heavy atom. The van der Waals surface area contributed by atoms with Crippen molar-refractivity contribution in [2.45, 2.75) is 13.1 Å². The van der Waals surface area contributed by atoms with Gasteiger partial charge in [0, 0.05) is 24.5 Å². The highest BCUT2D eigenvalue weighted by Crippen LogP contribution is 2.27. The number of ether oxygens (including phenoxy) is 1. The highest BCUT2D eigenvalue weighted by Gasteiger charge is 2.26. The Balaban J connectivity index is 1.62. The van der Waals surface area contributed by atoms with Crippen LogP contribution in [0, 0.1) is 5.82 Å². The minimum atomic E-state index is -0.898. The van der Waals surface area contributed by atoms with Gasteiger partial charge in [0.25, 0.3) is 0 Å². The molecule has 2 aromatic carbocycles. The standard InChI is InChI=1S/C20H18FN5O4/c1-30-16-7-5-15(6-8-16)24-9-10-25-18(28)19(29)26(23-20(24)25)12-17(27)22-14-4-2-3-13(21)11-14/h2-8,11H,9-10,12H2,1H3,(H,22,27). The fourth-order valence-corrected chi connectivity index (χ4v) is 3.24. The largest absolute Gasteiger partial charge is 0.497 e. The lowest BCUT2D eigenvalue weighted by Gasteiger charge is -2.18. The van der Waals surface area contributed by atoms with Crippen LogP contribution in [-0.4, -0.2) is 33.9 Å². The number of halogens is 1. The lowest BCUT2D eigenvalue weighted by Crippen LogP contribution is -2.44. The fourth-order valence-electron chi connectivity index (χ4n) is 3.24. The Hall–Kier alpha value is -3.95. The quantitative estimate of drug-likeness (QED) is 0.637. The van der Waals surface area contributed by atoms with Crippen molar-refractivity contribution in [3.63, 3.8) is 0 Å². The third-order valence-electron chi connectivity index (χ3n) is 4.69. The molecule has 4 rings (SSSR count). The summed E-state index contributed by atoms with van der Waals surface area (Å²) in [5.41, 5.74) is -0.645. The van der Waals surface area contributed by atoms with E-state index < -0.39 is 29.4 Å². The molecule has 0 radical (unpaired) electrons. The van der Waals surface area contributed by atoms with Gasteiger partial charge in [0.1, 0.15) is 18.1 Å². The molecule has 2 heterocycles. The number of hydrogen-bond donors (Lipinski definition) is 1. The zero-order chi connectivity index (χ0) is 21.3. The molecule has 0 spiro atoms. The number of amides is 1. The Labute approximate surface area is 169 Å². The molecule has 0 saturated carbocycles. The van der Waals surface area contributed by atoms with Crippen molar-refractivity contribution < 1.29 is 13.9 Å². The number of methoxy groups -OCH3 is 1. The minimum Gasteiger partial charge on any atom is -0.497 e. The SMILES string of the molecule is COc1ccc(N2CCn3c2nn(CC(=O)Nc2cccc(F)c2)c(=O)c3=O)cc1. The number of nitrogens with one attached hydrogen (secondary N) is 1. The molecule has 0 aliphatic carbocycles. The molecule has 0 bridgehead atoms. The van der Waals surface area contributed by atoms with E-state index in [-0.39, 0.29) is 11.6 Å². The first-order chi connectivity index (χ1) is 14.5. The van der Waals surface area contributed by atoms with E-state index in [1.165, 1.54) is 22.8 Å². The number of anilines is 3. The van der Waals surface area contributed by atoms with Gasteiger partial charge in [-0.2, -0.15) is 0 Å². The average molecular weight is 411 g/mol. The molecule has 154 valence electrons. The van der Waals surface area contributed by atoms with E-state index >= 15 is 0 Å². The lowest BCUT2D eigenvalue weighted by molar-refractivity contribution is -0.117. The molecule has 1 N–H and O–H groups in total. The number of fused-ring (bicyclic) bond motifs is 1. The number of rotatable bonds is 5. The summed E-state index contributed by atoms with van der Waals surface area (Å²) in [6.07, 6.45) is 0. The molecule has 1 aliphatic heterocycles. The molecule has 9 nitrogen and oxygen atoms in total. The van der Waals surface area contributed by atoms with Crippen LogP contribution in [0.5, 0.6) is 5.75 Å².